The van der Waals surface area contributed by atoms with E-state index < -0.39 is 5.82 Å². The van der Waals surface area contributed by atoms with Gasteiger partial charge in [-0.3, -0.25) is 0 Å². The van der Waals surface area contributed by atoms with Gasteiger partial charge in [-0.2, -0.15) is 0 Å². The van der Waals surface area contributed by atoms with Gasteiger partial charge in [-0.1, -0.05) is 0 Å². The first kappa shape index (κ1) is 19.5. The van der Waals surface area contributed by atoms with Gasteiger partial charge in [-0.15, -0.1) is 0 Å². The monoisotopic (exact) mass is 423 g/mol. The first-order chi connectivity index (χ1) is 15.1. The Kier molecular flexibility index (Phi) is 5.02. The van der Waals surface area contributed by atoms with E-state index >= 15 is 0 Å². The lowest BCUT2D eigenvalue weighted by Crippen LogP contribution is -2.45. The minimum absolute atomic E-state index is 0.196. The highest BCUT2D eigenvalue weighted by molar-refractivity contribution is 5.61. The molecule has 0 unspecified atom stereocenters. The number of anilines is 3. The summed E-state index contributed by atoms with van der Waals surface area (Å²) >= 11 is 0. The van der Waals surface area contributed by atoms with Crippen LogP contribution in [0.2, 0.25) is 0 Å². The highest BCUT2D eigenvalue weighted by atomic mass is 19.1. The Hall–Kier alpha value is -3.47. The number of hydrogen-bond acceptors (Lipinski definition) is 10. The Labute approximate surface area is 178 Å². The van der Waals surface area contributed by atoms with Crippen LogP contribution in [0.5, 0.6) is 0 Å². The number of ether oxygens (including phenoxy) is 1. The Morgan fingerprint density at radius 3 is 2.58 bits per heavy atom. The summed E-state index contributed by atoms with van der Waals surface area (Å²) in [6.45, 7) is 5.37. The van der Waals surface area contributed by atoms with Gasteiger partial charge in [-0.25, -0.2) is 34.3 Å². The Morgan fingerprint density at radius 1 is 1.06 bits per heavy atom. The number of aromatic nitrogens is 6. The third kappa shape index (κ3) is 3.83. The zero-order chi connectivity index (χ0) is 21.4. The Bertz CT molecular complexity index is 1080. The molecule has 5 heterocycles. The van der Waals surface area contributed by atoms with Gasteiger partial charge >= 0.3 is 0 Å². The summed E-state index contributed by atoms with van der Waals surface area (Å²) in [6.07, 6.45) is 6.33. The predicted octanol–water partition coefficient (Wildman–Crippen LogP) is 1.23. The normalized spacial score (nSPS) is 18.7. The summed E-state index contributed by atoms with van der Waals surface area (Å²) in [5, 5.41) is 0. The minimum Gasteiger partial charge on any atom is -0.377 e. The van der Waals surface area contributed by atoms with Crippen molar-refractivity contribution in [2.75, 3.05) is 41.8 Å². The predicted molar refractivity (Wildman–Crippen MR) is 112 cm³/mol. The topological polar surface area (TPSA) is 119 Å². The van der Waals surface area contributed by atoms with E-state index in [1.54, 1.807) is 12.4 Å². The first-order valence-corrected chi connectivity index (χ1v) is 10.1. The fourth-order valence-corrected chi connectivity index (χ4v) is 3.91. The van der Waals surface area contributed by atoms with Crippen molar-refractivity contribution in [2.24, 2.45) is 0 Å². The first-order valence-electron chi connectivity index (χ1n) is 10.1. The highest BCUT2D eigenvalue weighted by Gasteiger charge is 2.29. The average Bonchev–Trinajstić information content (AvgIpc) is 2.79. The van der Waals surface area contributed by atoms with Gasteiger partial charge in [0.25, 0.3) is 0 Å². The zero-order valence-corrected chi connectivity index (χ0v) is 17.1. The fraction of sp³-hybridized carbons (Fsp3) is 0.400. The summed E-state index contributed by atoms with van der Waals surface area (Å²) in [5.41, 5.74) is 8.32. The molecule has 1 saturated heterocycles. The number of morpholine rings is 1. The lowest BCUT2D eigenvalue weighted by atomic mass is 10.0. The number of nitrogens with two attached hydrogens (primary N) is 1. The second kappa shape index (κ2) is 7.99. The number of hydrogen-bond donors (Lipinski definition) is 1. The molecule has 11 heteroatoms. The third-order valence-corrected chi connectivity index (χ3v) is 5.50. The van der Waals surface area contributed by atoms with Gasteiger partial charge in [0, 0.05) is 31.0 Å². The second-order valence-electron chi connectivity index (χ2n) is 7.62. The molecule has 0 amide bonds. The van der Waals surface area contributed by atoms with Gasteiger partial charge in [0.1, 0.15) is 5.82 Å². The number of rotatable bonds is 3. The Balaban J connectivity index is 1.57. The summed E-state index contributed by atoms with van der Waals surface area (Å²) in [7, 11) is 0. The molecule has 1 fully saturated rings. The van der Waals surface area contributed by atoms with Crippen LogP contribution in [0.3, 0.4) is 0 Å². The third-order valence-electron chi connectivity index (χ3n) is 5.50. The molecule has 160 valence electrons. The molecule has 0 saturated carbocycles. The van der Waals surface area contributed by atoms with Crippen molar-refractivity contribution in [3.63, 3.8) is 0 Å². The van der Waals surface area contributed by atoms with Crippen molar-refractivity contribution in [3.05, 3.63) is 41.9 Å². The summed E-state index contributed by atoms with van der Waals surface area (Å²) in [5.74, 6) is 1.66. The second-order valence-corrected chi connectivity index (χ2v) is 7.62. The molecule has 0 spiro atoms. The molecule has 0 bridgehead atoms. The van der Waals surface area contributed by atoms with Gasteiger partial charge < -0.3 is 20.3 Å². The SMILES string of the molecule is C[C@H]1COCCN1c1nc(-c2cnc(N)nc2)nc2c1CCN(c1ncc(F)cn1)C2. The molecule has 31 heavy (non-hydrogen) atoms. The van der Waals surface area contributed by atoms with Crippen LogP contribution in [0.1, 0.15) is 18.2 Å². The maximum absolute atomic E-state index is 13.3. The lowest BCUT2D eigenvalue weighted by Gasteiger charge is -2.37. The number of halogens is 1. The average molecular weight is 423 g/mol. The lowest BCUT2D eigenvalue weighted by molar-refractivity contribution is 0.0984. The molecule has 2 aliphatic heterocycles. The van der Waals surface area contributed by atoms with Crippen LogP contribution in [-0.2, 0) is 17.7 Å². The van der Waals surface area contributed by atoms with E-state index in [1.807, 2.05) is 4.90 Å². The van der Waals surface area contributed by atoms with Crippen LogP contribution < -0.4 is 15.5 Å². The number of fused-ring (bicyclic) bond motifs is 1. The molecule has 2 N–H and O–H groups in total. The van der Waals surface area contributed by atoms with E-state index in [-0.39, 0.29) is 12.0 Å². The molecular weight excluding hydrogens is 401 g/mol. The molecule has 1 atom stereocenters. The van der Waals surface area contributed by atoms with E-state index in [2.05, 4.69) is 31.8 Å². The molecule has 0 radical (unpaired) electrons. The molecule has 3 aromatic heterocycles. The molecule has 10 nitrogen and oxygen atoms in total. The number of nitrogen functional groups attached to an aromatic ring is 1. The van der Waals surface area contributed by atoms with Crippen molar-refractivity contribution in [3.8, 4) is 11.4 Å². The van der Waals surface area contributed by atoms with Crippen LogP contribution in [0, 0.1) is 5.82 Å². The van der Waals surface area contributed by atoms with Crippen molar-refractivity contribution in [2.45, 2.75) is 25.9 Å². The zero-order valence-electron chi connectivity index (χ0n) is 17.1. The molecule has 5 rings (SSSR count). The molecule has 0 aliphatic carbocycles. The Morgan fingerprint density at radius 2 is 1.84 bits per heavy atom. The number of nitrogens with zero attached hydrogens (tertiary/aromatic N) is 8. The highest BCUT2D eigenvalue weighted by Crippen LogP contribution is 2.32. The van der Waals surface area contributed by atoms with Crippen LogP contribution >= 0.6 is 0 Å². The van der Waals surface area contributed by atoms with Crippen LogP contribution in [-0.4, -0.2) is 62.2 Å². The van der Waals surface area contributed by atoms with E-state index in [4.69, 9.17) is 20.4 Å². The van der Waals surface area contributed by atoms with Gasteiger partial charge in [0.15, 0.2) is 11.6 Å². The fourth-order valence-electron chi connectivity index (χ4n) is 3.91. The van der Waals surface area contributed by atoms with Crippen LogP contribution in [0.25, 0.3) is 11.4 Å². The molecular formula is C20H22FN9O. The smallest absolute Gasteiger partial charge is 0.225 e. The van der Waals surface area contributed by atoms with Gasteiger partial charge in [-0.05, 0) is 13.3 Å². The molecule has 0 aromatic carbocycles. The summed E-state index contributed by atoms with van der Waals surface area (Å²) < 4.78 is 18.9. The minimum atomic E-state index is -0.460. The van der Waals surface area contributed by atoms with Crippen molar-refractivity contribution >= 4 is 17.7 Å². The quantitative estimate of drug-likeness (QED) is 0.659. The van der Waals surface area contributed by atoms with Crippen molar-refractivity contribution in [1.29, 1.82) is 0 Å². The van der Waals surface area contributed by atoms with Crippen LogP contribution in [0.4, 0.5) is 22.1 Å². The maximum atomic E-state index is 13.3. The standard InChI is InChI=1S/C20H22FN9O/c1-12-11-31-5-4-30(12)18-15-2-3-29(20-25-8-14(21)9-26-20)10-16(15)27-17(28-18)13-6-23-19(22)24-7-13/h6-9,12H,2-5,10-11H2,1H3,(H2,22,23,24)/t12-/m0/s1. The largest absolute Gasteiger partial charge is 0.377 e. The van der Waals surface area contributed by atoms with E-state index in [9.17, 15) is 4.39 Å². The summed E-state index contributed by atoms with van der Waals surface area (Å²) in [6, 6.07) is 0.196. The summed E-state index contributed by atoms with van der Waals surface area (Å²) in [4.78, 5) is 30.4. The maximum Gasteiger partial charge on any atom is 0.225 e. The van der Waals surface area contributed by atoms with Crippen molar-refractivity contribution in [1.82, 2.24) is 29.9 Å². The van der Waals surface area contributed by atoms with Crippen LogP contribution in [0.15, 0.2) is 24.8 Å². The van der Waals surface area contributed by atoms with E-state index in [0.29, 0.717) is 43.6 Å². The van der Waals surface area contributed by atoms with Crippen molar-refractivity contribution < 1.29 is 9.13 Å². The van der Waals surface area contributed by atoms with Gasteiger partial charge in [0.2, 0.25) is 11.9 Å². The van der Waals surface area contributed by atoms with E-state index in [1.165, 1.54) is 12.4 Å². The van der Waals surface area contributed by atoms with E-state index in [0.717, 1.165) is 30.0 Å². The molecule has 2 aliphatic rings. The van der Waals surface area contributed by atoms with Gasteiger partial charge in [0.05, 0.1) is 49.5 Å². The molecule has 3 aromatic rings.